The number of hydrogen-bond donors (Lipinski definition) is 3. The Balaban J connectivity index is 1.74. The van der Waals surface area contributed by atoms with E-state index in [0.29, 0.717) is 13.1 Å². The smallest absolute Gasteiger partial charge is 0.315 e. The highest BCUT2D eigenvalue weighted by molar-refractivity contribution is 5.73. The summed E-state index contributed by atoms with van der Waals surface area (Å²) >= 11 is 0. The number of carbonyl (C=O) groups excluding carboxylic acids is 1. The standard InChI is InChI=1S/C14H24N4O2/c1-14(6-4-3-5-12(14)19)10-16-13(20)15-7-11-8-17-18(2)9-11/h8-9,12,19H,3-7,10H2,1-2H3,(H2,15,16,20). The highest BCUT2D eigenvalue weighted by atomic mass is 16.3. The second-order valence-electron chi connectivity index (χ2n) is 5.97. The lowest BCUT2D eigenvalue weighted by Crippen LogP contribution is -2.47. The van der Waals surface area contributed by atoms with E-state index in [9.17, 15) is 9.90 Å². The van der Waals surface area contributed by atoms with Crippen molar-refractivity contribution in [1.29, 1.82) is 0 Å². The third kappa shape index (κ3) is 3.72. The number of urea groups is 1. The van der Waals surface area contributed by atoms with Gasteiger partial charge in [0, 0.05) is 37.3 Å². The molecule has 6 heteroatoms. The Bertz CT molecular complexity index is 460. The molecule has 2 atom stereocenters. The fraction of sp³-hybridized carbons (Fsp3) is 0.714. The Morgan fingerprint density at radius 3 is 3.00 bits per heavy atom. The zero-order chi connectivity index (χ0) is 14.6. The zero-order valence-electron chi connectivity index (χ0n) is 12.2. The summed E-state index contributed by atoms with van der Waals surface area (Å²) in [5, 5.41) is 19.8. The van der Waals surface area contributed by atoms with Gasteiger partial charge in [0.25, 0.3) is 0 Å². The zero-order valence-corrected chi connectivity index (χ0v) is 12.2. The summed E-state index contributed by atoms with van der Waals surface area (Å²) in [6, 6.07) is -0.201. The van der Waals surface area contributed by atoms with Crippen LogP contribution in [-0.2, 0) is 13.6 Å². The average Bonchev–Trinajstić information content (AvgIpc) is 2.84. The van der Waals surface area contributed by atoms with E-state index in [1.54, 1.807) is 10.9 Å². The molecular weight excluding hydrogens is 256 g/mol. The fourth-order valence-corrected chi connectivity index (χ4v) is 2.68. The Kier molecular flexibility index (Phi) is 4.65. The highest BCUT2D eigenvalue weighted by Crippen LogP contribution is 2.35. The lowest BCUT2D eigenvalue weighted by molar-refractivity contribution is 0.00309. The summed E-state index contributed by atoms with van der Waals surface area (Å²) in [7, 11) is 1.84. The van der Waals surface area contributed by atoms with Gasteiger partial charge in [0.2, 0.25) is 0 Å². The fourth-order valence-electron chi connectivity index (χ4n) is 2.68. The second-order valence-corrected chi connectivity index (χ2v) is 5.97. The Labute approximate surface area is 119 Å². The SMILES string of the molecule is Cn1cc(CNC(=O)NCC2(C)CCCCC2O)cn1. The van der Waals surface area contributed by atoms with E-state index in [1.807, 2.05) is 20.2 Å². The van der Waals surface area contributed by atoms with Crippen LogP contribution in [0.5, 0.6) is 0 Å². The maximum Gasteiger partial charge on any atom is 0.315 e. The number of carbonyl (C=O) groups is 1. The molecule has 20 heavy (non-hydrogen) atoms. The molecule has 0 bridgehead atoms. The molecule has 1 heterocycles. The average molecular weight is 280 g/mol. The molecule has 1 fully saturated rings. The molecular formula is C14H24N4O2. The third-order valence-electron chi connectivity index (χ3n) is 4.14. The molecule has 3 N–H and O–H groups in total. The van der Waals surface area contributed by atoms with Crippen molar-refractivity contribution in [2.24, 2.45) is 12.5 Å². The van der Waals surface area contributed by atoms with Crippen molar-refractivity contribution >= 4 is 6.03 Å². The summed E-state index contributed by atoms with van der Waals surface area (Å²) in [4.78, 5) is 11.8. The van der Waals surface area contributed by atoms with Gasteiger partial charge in [-0.15, -0.1) is 0 Å². The van der Waals surface area contributed by atoms with E-state index in [2.05, 4.69) is 15.7 Å². The molecule has 2 unspecified atom stereocenters. The minimum absolute atomic E-state index is 0.201. The van der Waals surface area contributed by atoms with Crippen LogP contribution in [0.1, 0.15) is 38.2 Å². The first-order valence-corrected chi connectivity index (χ1v) is 7.17. The van der Waals surface area contributed by atoms with Gasteiger partial charge in [-0.05, 0) is 12.8 Å². The van der Waals surface area contributed by atoms with Crippen LogP contribution in [0.3, 0.4) is 0 Å². The third-order valence-corrected chi connectivity index (χ3v) is 4.14. The summed E-state index contributed by atoms with van der Waals surface area (Å²) in [6.07, 6.45) is 7.25. The van der Waals surface area contributed by atoms with Gasteiger partial charge in [0.1, 0.15) is 0 Å². The summed E-state index contributed by atoms with van der Waals surface area (Å²) in [5.74, 6) is 0. The van der Waals surface area contributed by atoms with Crippen molar-refractivity contribution in [2.45, 2.75) is 45.3 Å². The van der Waals surface area contributed by atoms with E-state index in [-0.39, 0.29) is 17.6 Å². The normalized spacial score (nSPS) is 26.2. The largest absolute Gasteiger partial charge is 0.392 e. The molecule has 6 nitrogen and oxygen atoms in total. The first-order valence-electron chi connectivity index (χ1n) is 7.17. The molecule has 112 valence electrons. The molecule has 1 saturated carbocycles. The Hall–Kier alpha value is -1.56. The molecule has 1 aromatic rings. The number of amides is 2. The van der Waals surface area contributed by atoms with Gasteiger partial charge in [-0.3, -0.25) is 4.68 Å². The minimum Gasteiger partial charge on any atom is -0.392 e. The van der Waals surface area contributed by atoms with E-state index < -0.39 is 0 Å². The number of nitrogens with one attached hydrogen (secondary N) is 2. The van der Waals surface area contributed by atoms with Crippen LogP contribution in [0.4, 0.5) is 4.79 Å². The van der Waals surface area contributed by atoms with Crippen LogP contribution >= 0.6 is 0 Å². The number of aliphatic hydroxyl groups excluding tert-OH is 1. The van der Waals surface area contributed by atoms with E-state index in [0.717, 1.165) is 31.2 Å². The summed E-state index contributed by atoms with van der Waals surface area (Å²) < 4.78 is 1.70. The van der Waals surface area contributed by atoms with E-state index >= 15 is 0 Å². The molecule has 1 aliphatic carbocycles. The van der Waals surface area contributed by atoms with Gasteiger partial charge in [-0.1, -0.05) is 19.8 Å². The van der Waals surface area contributed by atoms with Crippen molar-refractivity contribution in [1.82, 2.24) is 20.4 Å². The lowest BCUT2D eigenvalue weighted by Gasteiger charge is -2.38. The molecule has 0 saturated heterocycles. The Morgan fingerprint density at radius 1 is 1.55 bits per heavy atom. The summed E-state index contributed by atoms with van der Waals surface area (Å²) in [6.45, 7) is 3.00. The first kappa shape index (κ1) is 14.8. The number of hydrogen-bond acceptors (Lipinski definition) is 3. The van der Waals surface area contributed by atoms with E-state index in [1.165, 1.54) is 0 Å². The topological polar surface area (TPSA) is 79.2 Å². The van der Waals surface area contributed by atoms with Gasteiger partial charge >= 0.3 is 6.03 Å². The number of rotatable bonds is 4. The quantitative estimate of drug-likeness (QED) is 0.774. The summed E-state index contributed by atoms with van der Waals surface area (Å²) in [5.41, 5.74) is 0.760. The van der Waals surface area contributed by atoms with Crippen molar-refractivity contribution in [3.8, 4) is 0 Å². The molecule has 0 aromatic carbocycles. The highest BCUT2D eigenvalue weighted by Gasteiger charge is 2.35. The van der Waals surface area contributed by atoms with Gasteiger partial charge < -0.3 is 15.7 Å². The first-order chi connectivity index (χ1) is 9.49. The van der Waals surface area contributed by atoms with Crippen LogP contribution in [-0.4, -0.2) is 33.6 Å². The van der Waals surface area contributed by atoms with Crippen LogP contribution in [0.15, 0.2) is 12.4 Å². The number of aryl methyl sites for hydroxylation is 1. The van der Waals surface area contributed by atoms with E-state index in [4.69, 9.17) is 0 Å². The maximum atomic E-state index is 11.8. The molecule has 1 aromatic heterocycles. The Morgan fingerprint density at radius 2 is 2.35 bits per heavy atom. The van der Waals surface area contributed by atoms with Crippen molar-refractivity contribution < 1.29 is 9.90 Å². The molecule has 2 amide bonds. The monoisotopic (exact) mass is 280 g/mol. The molecule has 0 spiro atoms. The number of nitrogens with zero attached hydrogens (tertiary/aromatic N) is 2. The van der Waals surface area contributed by atoms with Crippen molar-refractivity contribution in [3.05, 3.63) is 18.0 Å². The van der Waals surface area contributed by atoms with Crippen molar-refractivity contribution in [2.75, 3.05) is 6.54 Å². The maximum absolute atomic E-state index is 11.8. The van der Waals surface area contributed by atoms with Crippen LogP contribution in [0.2, 0.25) is 0 Å². The van der Waals surface area contributed by atoms with Crippen LogP contribution < -0.4 is 10.6 Å². The van der Waals surface area contributed by atoms with Gasteiger partial charge in [0.15, 0.2) is 0 Å². The van der Waals surface area contributed by atoms with Crippen LogP contribution in [0, 0.1) is 5.41 Å². The second kappa shape index (κ2) is 6.26. The molecule has 0 radical (unpaired) electrons. The molecule has 1 aliphatic rings. The molecule has 2 rings (SSSR count). The number of aliphatic hydroxyl groups is 1. The van der Waals surface area contributed by atoms with Crippen LogP contribution in [0.25, 0.3) is 0 Å². The molecule has 0 aliphatic heterocycles. The predicted molar refractivity (Wildman–Crippen MR) is 76.0 cm³/mol. The lowest BCUT2D eigenvalue weighted by atomic mass is 9.73. The van der Waals surface area contributed by atoms with Crippen molar-refractivity contribution in [3.63, 3.8) is 0 Å². The predicted octanol–water partition coefficient (Wildman–Crippen LogP) is 1.16. The van der Waals surface area contributed by atoms with Gasteiger partial charge in [0.05, 0.1) is 12.3 Å². The minimum atomic E-state index is -0.324. The van der Waals surface area contributed by atoms with Gasteiger partial charge in [-0.25, -0.2) is 4.79 Å². The number of aromatic nitrogens is 2. The van der Waals surface area contributed by atoms with Gasteiger partial charge in [-0.2, -0.15) is 5.10 Å².